The number of rotatable bonds is 2. The van der Waals surface area contributed by atoms with E-state index in [-0.39, 0.29) is 28.6 Å². The van der Waals surface area contributed by atoms with Gasteiger partial charge >= 0.3 is 0 Å². The summed E-state index contributed by atoms with van der Waals surface area (Å²) >= 11 is 0. The Balaban J connectivity index is 2.36. The van der Waals surface area contributed by atoms with Crippen LogP contribution in [0.4, 0.5) is 10.1 Å². The average Bonchev–Trinajstić information content (AvgIpc) is 2.38. The second-order valence-electron chi connectivity index (χ2n) is 5.34. The van der Waals surface area contributed by atoms with E-state index in [4.69, 9.17) is 5.73 Å². The highest BCUT2D eigenvalue weighted by molar-refractivity contribution is 7.89. The number of nitrogens with two attached hydrogens (primary N) is 1. The number of hydrogen-bond acceptors (Lipinski definition) is 4. The van der Waals surface area contributed by atoms with E-state index in [1.807, 2.05) is 6.92 Å². The first-order valence-corrected chi connectivity index (χ1v) is 7.91. The predicted molar refractivity (Wildman–Crippen MR) is 74.1 cm³/mol. The van der Waals surface area contributed by atoms with Crippen molar-refractivity contribution in [3.63, 3.8) is 0 Å². The van der Waals surface area contributed by atoms with Crippen LogP contribution in [0.3, 0.4) is 0 Å². The first-order valence-electron chi connectivity index (χ1n) is 6.47. The summed E-state index contributed by atoms with van der Waals surface area (Å²) in [6.07, 6.45) is -0.0896. The number of nitrogen functional groups attached to an aromatic ring is 1. The van der Waals surface area contributed by atoms with E-state index in [0.717, 1.165) is 6.07 Å². The van der Waals surface area contributed by atoms with Crippen molar-refractivity contribution in [2.75, 3.05) is 18.8 Å². The molecule has 1 aromatic rings. The lowest BCUT2D eigenvalue weighted by Gasteiger charge is -2.33. The highest BCUT2D eigenvalue weighted by Gasteiger charge is 2.33. The second-order valence-corrected chi connectivity index (χ2v) is 7.28. The highest BCUT2D eigenvalue weighted by atomic mass is 32.2. The maximum Gasteiger partial charge on any atom is 0.243 e. The molecule has 1 aromatic carbocycles. The SMILES string of the molecule is Cc1cc(S(=O)(=O)N2CCC(C)C(O)C2)cc(N)c1F. The van der Waals surface area contributed by atoms with Crippen LogP contribution in [-0.2, 0) is 10.0 Å². The van der Waals surface area contributed by atoms with Gasteiger partial charge in [-0.2, -0.15) is 4.31 Å². The van der Waals surface area contributed by atoms with Gasteiger partial charge in [-0.05, 0) is 37.0 Å². The smallest absolute Gasteiger partial charge is 0.243 e. The Morgan fingerprint density at radius 1 is 1.45 bits per heavy atom. The zero-order chi connectivity index (χ0) is 15.1. The maximum atomic E-state index is 13.5. The molecule has 0 saturated carbocycles. The van der Waals surface area contributed by atoms with E-state index < -0.39 is 21.9 Å². The Bertz CT molecular complexity index is 595. The number of aliphatic hydroxyl groups is 1. The standard InChI is InChI=1S/C13H19FN2O3S/c1-8-3-4-16(7-12(8)17)20(18,19)10-5-9(2)13(14)11(15)6-10/h5-6,8,12,17H,3-4,7,15H2,1-2H3. The number of halogens is 1. The number of aliphatic hydroxyl groups excluding tert-OH is 1. The molecule has 3 N–H and O–H groups in total. The molecule has 0 aliphatic carbocycles. The van der Waals surface area contributed by atoms with Crippen LogP contribution in [0.1, 0.15) is 18.9 Å². The number of sulfonamides is 1. The van der Waals surface area contributed by atoms with E-state index in [9.17, 15) is 17.9 Å². The van der Waals surface area contributed by atoms with Crippen molar-refractivity contribution in [1.82, 2.24) is 4.31 Å². The number of piperidine rings is 1. The molecular formula is C13H19FN2O3S. The van der Waals surface area contributed by atoms with Crippen LogP contribution < -0.4 is 5.73 Å². The topological polar surface area (TPSA) is 83.6 Å². The summed E-state index contributed by atoms with van der Waals surface area (Å²) < 4.78 is 39.7. The Hall–Kier alpha value is -1.18. The Kier molecular flexibility index (Phi) is 4.04. The van der Waals surface area contributed by atoms with Crippen molar-refractivity contribution < 1.29 is 17.9 Å². The minimum atomic E-state index is -3.75. The molecule has 1 fully saturated rings. The van der Waals surface area contributed by atoms with Gasteiger partial charge in [-0.15, -0.1) is 0 Å². The summed E-state index contributed by atoms with van der Waals surface area (Å²) in [5.41, 5.74) is 5.49. The monoisotopic (exact) mass is 302 g/mol. The second kappa shape index (κ2) is 5.31. The lowest BCUT2D eigenvalue weighted by atomic mass is 9.98. The fraction of sp³-hybridized carbons (Fsp3) is 0.538. The fourth-order valence-corrected chi connectivity index (χ4v) is 3.89. The van der Waals surface area contributed by atoms with Crippen molar-refractivity contribution in [3.8, 4) is 0 Å². The predicted octanol–water partition coefficient (Wildman–Crippen LogP) is 1.11. The van der Waals surface area contributed by atoms with Gasteiger partial charge in [0.2, 0.25) is 10.0 Å². The average molecular weight is 302 g/mol. The van der Waals surface area contributed by atoms with Gasteiger partial charge in [0, 0.05) is 13.1 Å². The van der Waals surface area contributed by atoms with Crippen LogP contribution in [-0.4, -0.2) is 37.0 Å². The van der Waals surface area contributed by atoms with Crippen LogP contribution in [0.2, 0.25) is 0 Å². The third-order valence-electron chi connectivity index (χ3n) is 3.78. The number of β-amino-alcohol motifs (C(OH)–C–C–N with tert-alkyl or cyclic N) is 1. The first kappa shape index (κ1) is 15.2. The van der Waals surface area contributed by atoms with E-state index in [2.05, 4.69) is 0 Å². The number of hydrogen-bond donors (Lipinski definition) is 2. The molecule has 112 valence electrons. The molecule has 0 aromatic heterocycles. The molecule has 1 saturated heterocycles. The van der Waals surface area contributed by atoms with Gasteiger partial charge in [0.05, 0.1) is 16.7 Å². The molecule has 1 aliphatic rings. The summed E-state index contributed by atoms with van der Waals surface area (Å²) in [5.74, 6) is -0.530. The van der Waals surface area contributed by atoms with E-state index in [1.54, 1.807) is 0 Å². The van der Waals surface area contributed by atoms with Gasteiger partial charge in [-0.3, -0.25) is 0 Å². The third kappa shape index (κ3) is 2.65. The third-order valence-corrected chi connectivity index (χ3v) is 5.62. The molecule has 2 unspecified atom stereocenters. The quantitative estimate of drug-likeness (QED) is 0.802. The van der Waals surface area contributed by atoms with Crippen molar-refractivity contribution in [1.29, 1.82) is 0 Å². The van der Waals surface area contributed by atoms with Crippen LogP contribution in [0, 0.1) is 18.7 Å². The molecule has 1 aliphatic heterocycles. The van der Waals surface area contributed by atoms with E-state index >= 15 is 0 Å². The van der Waals surface area contributed by atoms with Gasteiger partial charge in [0.25, 0.3) is 0 Å². The molecule has 0 amide bonds. The fourth-order valence-electron chi connectivity index (χ4n) is 2.30. The molecule has 7 heteroatoms. The van der Waals surface area contributed by atoms with Gasteiger partial charge in [0.1, 0.15) is 5.82 Å². The summed E-state index contributed by atoms with van der Waals surface area (Å²) in [4.78, 5) is -0.0318. The van der Waals surface area contributed by atoms with Crippen molar-refractivity contribution in [2.45, 2.75) is 31.3 Å². The first-order chi connectivity index (χ1) is 9.23. The van der Waals surface area contributed by atoms with Crippen molar-refractivity contribution in [3.05, 3.63) is 23.5 Å². The number of nitrogens with zero attached hydrogens (tertiary/aromatic N) is 1. The van der Waals surface area contributed by atoms with Crippen LogP contribution in [0.25, 0.3) is 0 Å². The summed E-state index contributed by atoms with van der Waals surface area (Å²) in [7, 11) is -3.75. The van der Waals surface area contributed by atoms with Crippen molar-refractivity contribution >= 4 is 15.7 Å². The van der Waals surface area contributed by atoms with Gasteiger partial charge in [0.15, 0.2) is 0 Å². The summed E-state index contributed by atoms with van der Waals surface area (Å²) in [6, 6.07) is 2.40. The van der Waals surface area contributed by atoms with Gasteiger partial charge in [-0.1, -0.05) is 6.92 Å². The van der Waals surface area contributed by atoms with Gasteiger partial charge in [-0.25, -0.2) is 12.8 Å². The largest absolute Gasteiger partial charge is 0.396 e. The Morgan fingerprint density at radius 2 is 2.10 bits per heavy atom. The molecule has 0 bridgehead atoms. The lowest BCUT2D eigenvalue weighted by molar-refractivity contribution is 0.0605. The molecule has 20 heavy (non-hydrogen) atoms. The maximum absolute atomic E-state index is 13.5. The zero-order valence-electron chi connectivity index (χ0n) is 11.5. The van der Waals surface area contributed by atoms with Crippen LogP contribution >= 0.6 is 0 Å². The summed E-state index contributed by atoms with van der Waals surface area (Å²) in [6.45, 7) is 3.75. The molecule has 5 nitrogen and oxygen atoms in total. The molecule has 0 radical (unpaired) electrons. The van der Waals surface area contributed by atoms with Crippen LogP contribution in [0.5, 0.6) is 0 Å². The summed E-state index contributed by atoms with van der Waals surface area (Å²) in [5, 5.41) is 9.82. The van der Waals surface area contributed by atoms with Crippen LogP contribution in [0.15, 0.2) is 17.0 Å². The molecular weight excluding hydrogens is 283 g/mol. The number of aryl methyl sites for hydroxylation is 1. The number of benzene rings is 1. The lowest BCUT2D eigenvalue weighted by Crippen LogP contribution is -2.45. The Labute approximate surface area is 118 Å². The highest BCUT2D eigenvalue weighted by Crippen LogP contribution is 2.27. The van der Waals surface area contributed by atoms with Crippen molar-refractivity contribution in [2.24, 2.45) is 5.92 Å². The normalized spacial score (nSPS) is 24.8. The minimum absolute atomic E-state index is 0.0318. The van der Waals surface area contributed by atoms with E-state index in [0.29, 0.717) is 13.0 Å². The zero-order valence-corrected chi connectivity index (χ0v) is 12.3. The molecule has 2 rings (SSSR count). The van der Waals surface area contributed by atoms with E-state index in [1.165, 1.54) is 17.3 Å². The molecule has 1 heterocycles. The number of anilines is 1. The molecule has 2 atom stereocenters. The molecule has 0 spiro atoms. The van der Waals surface area contributed by atoms with Gasteiger partial charge < -0.3 is 10.8 Å². The minimum Gasteiger partial charge on any atom is -0.396 e. The Morgan fingerprint density at radius 3 is 2.65 bits per heavy atom.